The second-order valence-corrected chi connectivity index (χ2v) is 4.01. The number of phenols is 3. The molecule has 0 saturated heterocycles. The zero-order valence-electron chi connectivity index (χ0n) is 21.5. The fraction of sp³-hybridized carbons (Fsp3) is 0.379. The van der Waals surface area contributed by atoms with Gasteiger partial charge in [0, 0.05) is 0 Å². The number of benzene rings is 3. The molecule has 0 aliphatic heterocycles. The van der Waals surface area contributed by atoms with E-state index in [0.717, 1.165) is 0 Å². The Balaban J connectivity index is -0.0000000654. The Labute approximate surface area is 200 Å². The molecule has 0 radical (unpaired) electrons. The minimum Gasteiger partial charge on any atom is -0.508 e. The van der Waals surface area contributed by atoms with Gasteiger partial charge < -0.3 is 15.3 Å². The van der Waals surface area contributed by atoms with Crippen LogP contribution in [0, 0.1) is 0 Å². The van der Waals surface area contributed by atoms with Gasteiger partial charge in [-0.2, -0.15) is 0 Å². The largest absolute Gasteiger partial charge is 0.508 e. The van der Waals surface area contributed by atoms with Gasteiger partial charge in [-0.05, 0) is 36.4 Å². The summed E-state index contributed by atoms with van der Waals surface area (Å²) >= 11 is 0. The van der Waals surface area contributed by atoms with Crippen molar-refractivity contribution in [1.29, 1.82) is 0 Å². The van der Waals surface area contributed by atoms with Crippen LogP contribution >= 0.6 is 0 Å². The first kappa shape index (κ1) is 43.0. The molecule has 186 valence electrons. The third-order valence-electron chi connectivity index (χ3n) is 2.27. The smallest absolute Gasteiger partial charge is 0.115 e. The van der Waals surface area contributed by atoms with Crippen LogP contribution in [0.3, 0.4) is 0 Å². The summed E-state index contributed by atoms with van der Waals surface area (Å²) < 4.78 is 0. The number of rotatable bonds is 0. The molecule has 3 heteroatoms. The van der Waals surface area contributed by atoms with E-state index in [0.29, 0.717) is 17.2 Å². The van der Waals surface area contributed by atoms with Crippen LogP contribution in [0.4, 0.5) is 0 Å². The first-order valence-electron chi connectivity index (χ1n) is 11.4. The van der Waals surface area contributed by atoms with E-state index in [9.17, 15) is 0 Å². The van der Waals surface area contributed by atoms with Crippen LogP contribution in [-0.4, -0.2) is 15.3 Å². The SMILES string of the molecule is C.CC.CC.CC.CC.CC.Oc1ccccc1.Oc1ccccc1.Oc1ccccc1. The van der Waals surface area contributed by atoms with Gasteiger partial charge in [-0.15, -0.1) is 0 Å². The Hall–Kier alpha value is -2.94. The second-order valence-electron chi connectivity index (χ2n) is 4.01. The first-order valence-corrected chi connectivity index (χ1v) is 11.4. The summed E-state index contributed by atoms with van der Waals surface area (Å²) in [5.41, 5.74) is 0. The van der Waals surface area contributed by atoms with Crippen LogP contribution in [0.25, 0.3) is 0 Å². The molecule has 0 atom stereocenters. The zero-order valence-corrected chi connectivity index (χ0v) is 21.5. The molecule has 3 aromatic carbocycles. The molecule has 3 nitrogen and oxygen atoms in total. The molecule has 0 bridgehead atoms. The molecule has 3 aromatic rings. The maximum absolute atomic E-state index is 8.63. The van der Waals surface area contributed by atoms with Crippen molar-refractivity contribution in [2.45, 2.75) is 76.7 Å². The summed E-state index contributed by atoms with van der Waals surface area (Å²) in [6.45, 7) is 20.0. The third kappa shape index (κ3) is 41.4. The van der Waals surface area contributed by atoms with Crippen LogP contribution in [0.5, 0.6) is 17.2 Å². The van der Waals surface area contributed by atoms with Gasteiger partial charge >= 0.3 is 0 Å². The van der Waals surface area contributed by atoms with Crippen molar-refractivity contribution < 1.29 is 15.3 Å². The lowest BCUT2D eigenvalue weighted by Crippen LogP contribution is -1.56. The highest BCUT2D eigenvalue weighted by atomic mass is 16.3. The summed E-state index contributed by atoms with van der Waals surface area (Å²) in [5, 5.41) is 25.9. The van der Waals surface area contributed by atoms with Crippen LogP contribution in [0.2, 0.25) is 0 Å². The van der Waals surface area contributed by atoms with Gasteiger partial charge in [0.25, 0.3) is 0 Å². The number of phenolic OH excluding ortho intramolecular Hbond substituents is 3. The molecular weight excluding hydrogens is 396 g/mol. The van der Waals surface area contributed by atoms with E-state index in [-0.39, 0.29) is 7.43 Å². The summed E-state index contributed by atoms with van der Waals surface area (Å²) in [6, 6.07) is 26.1. The molecule has 3 N–H and O–H groups in total. The van der Waals surface area contributed by atoms with E-state index >= 15 is 0 Å². The predicted molar refractivity (Wildman–Crippen MR) is 148 cm³/mol. The van der Waals surface area contributed by atoms with Crippen molar-refractivity contribution in [2.24, 2.45) is 0 Å². The van der Waals surface area contributed by atoms with Gasteiger partial charge in [0.05, 0.1) is 0 Å². The van der Waals surface area contributed by atoms with Crippen LogP contribution in [0.1, 0.15) is 76.7 Å². The lowest BCUT2D eigenvalue weighted by Gasteiger charge is -1.82. The van der Waals surface area contributed by atoms with Gasteiger partial charge in [0.15, 0.2) is 0 Å². The average Bonchev–Trinajstić information content (AvgIpc) is 2.88. The van der Waals surface area contributed by atoms with E-state index in [4.69, 9.17) is 15.3 Å². The molecule has 0 fully saturated rings. The van der Waals surface area contributed by atoms with Gasteiger partial charge in [0.2, 0.25) is 0 Å². The van der Waals surface area contributed by atoms with E-state index in [1.807, 2.05) is 87.4 Å². The van der Waals surface area contributed by atoms with Crippen LogP contribution in [0.15, 0.2) is 91.0 Å². The standard InChI is InChI=1S/3C6H6O.5C2H6.CH4/c3*7-6-4-2-1-3-5-6;5*1-2;/h3*1-5,7H;5*1-2H3;1H4. The maximum Gasteiger partial charge on any atom is 0.115 e. The van der Waals surface area contributed by atoms with Crippen molar-refractivity contribution in [3.63, 3.8) is 0 Å². The summed E-state index contributed by atoms with van der Waals surface area (Å²) in [5.74, 6) is 0.965. The Kier molecular flexibility index (Phi) is 62.3. The van der Waals surface area contributed by atoms with Gasteiger partial charge in [-0.3, -0.25) is 0 Å². The number of hydrogen-bond donors (Lipinski definition) is 3. The number of para-hydroxylation sites is 3. The minimum absolute atomic E-state index is 0. The zero-order chi connectivity index (χ0) is 25.3. The monoisotopic (exact) mass is 448 g/mol. The van der Waals surface area contributed by atoms with Crippen molar-refractivity contribution in [3.8, 4) is 17.2 Å². The quantitative estimate of drug-likeness (QED) is 0.320. The predicted octanol–water partition coefficient (Wildman–Crippen LogP) is 9.94. The summed E-state index contributed by atoms with van der Waals surface area (Å²) in [4.78, 5) is 0. The highest BCUT2D eigenvalue weighted by Gasteiger charge is 1.76. The molecule has 0 aliphatic rings. The molecule has 0 amide bonds. The molecule has 0 spiro atoms. The Bertz CT molecular complexity index is 493. The first-order chi connectivity index (χ1) is 15.2. The summed E-state index contributed by atoms with van der Waals surface area (Å²) in [7, 11) is 0. The van der Waals surface area contributed by atoms with E-state index in [2.05, 4.69) is 0 Å². The Morgan fingerprint density at radius 2 is 0.438 bits per heavy atom. The Morgan fingerprint density at radius 1 is 0.312 bits per heavy atom. The highest BCUT2D eigenvalue weighted by molar-refractivity contribution is 5.19. The van der Waals surface area contributed by atoms with Crippen molar-refractivity contribution in [1.82, 2.24) is 0 Å². The van der Waals surface area contributed by atoms with E-state index < -0.39 is 0 Å². The van der Waals surface area contributed by atoms with Crippen molar-refractivity contribution in [3.05, 3.63) is 91.0 Å². The highest BCUT2D eigenvalue weighted by Crippen LogP contribution is 2.04. The van der Waals surface area contributed by atoms with E-state index in [1.54, 1.807) is 72.8 Å². The normalized spacial score (nSPS) is 6.56. The fourth-order valence-corrected chi connectivity index (χ4v) is 1.28. The molecule has 0 aliphatic carbocycles. The molecular formula is C29H52O3. The van der Waals surface area contributed by atoms with Crippen molar-refractivity contribution in [2.75, 3.05) is 0 Å². The van der Waals surface area contributed by atoms with Gasteiger partial charge in [-0.25, -0.2) is 0 Å². The topological polar surface area (TPSA) is 60.7 Å². The number of hydrogen-bond acceptors (Lipinski definition) is 3. The fourth-order valence-electron chi connectivity index (χ4n) is 1.28. The Morgan fingerprint density at radius 3 is 0.500 bits per heavy atom. The molecule has 3 rings (SSSR count). The lowest BCUT2D eigenvalue weighted by molar-refractivity contribution is 0.475. The lowest BCUT2D eigenvalue weighted by atomic mass is 10.3. The minimum atomic E-state index is 0. The number of aromatic hydroxyl groups is 3. The van der Waals surface area contributed by atoms with E-state index in [1.165, 1.54) is 0 Å². The molecule has 0 saturated carbocycles. The molecule has 0 unspecified atom stereocenters. The molecule has 32 heavy (non-hydrogen) atoms. The summed E-state index contributed by atoms with van der Waals surface area (Å²) in [6.07, 6.45) is 0. The van der Waals surface area contributed by atoms with Crippen LogP contribution in [-0.2, 0) is 0 Å². The van der Waals surface area contributed by atoms with Gasteiger partial charge in [0.1, 0.15) is 17.2 Å². The average molecular weight is 449 g/mol. The van der Waals surface area contributed by atoms with Gasteiger partial charge in [-0.1, -0.05) is 131 Å². The molecule has 0 heterocycles. The maximum atomic E-state index is 8.63. The molecule has 0 aromatic heterocycles. The van der Waals surface area contributed by atoms with Crippen LogP contribution < -0.4 is 0 Å². The second kappa shape index (κ2) is 46.3. The van der Waals surface area contributed by atoms with Crippen molar-refractivity contribution >= 4 is 0 Å². The third-order valence-corrected chi connectivity index (χ3v) is 2.27.